The highest BCUT2D eigenvalue weighted by molar-refractivity contribution is 7.16. The summed E-state index contributed by atoms with van der Waals surface area (Å²) >= 11 is 2.82. The van der Waals surface area contributed by atoms with E-state index < -0.39 is 0 Å². The molecular weight excluding hydrogens is 344 g/mol. The predicted molar refractivity (Wildman–Crippen MR) is 91.7 cm³/mol. The van der Waals surface area contributed by atoms with Crippen molar-refractivity contribution < 1.29 is 14.1 Å². The summed E-state index contributed by atoms with van der Waals surface area (Å²) in [5.41, 5.74) is 0.309. The Labute approximate surface area is 146 Å². The minimum atomic E-state index is -0.259. The lowest BCUT2D eigenvalue weighted by atomic mass is 10.2. The molecule has 1 N–H and O–H groups in total. The monoisotopic (exact) mass is 358 g/mol. The van der Waals surface area contributed by atoms with E-state index in [1.54, 1.807) is 12.1 Å². The molecule has 24 heavy (non-hydrogen) atoms. The van der Waals surface area contributed by atoms with Crippen molar-refractivity contribution in [2.24, 2.45) is 0 Å². The van der Waals surface area contributed by atoms with Gasteiger partial charge >= 0.3 is 0 Å². The molecule has 1 saturated carbocycles. The second-order valence-corrected chi connectivity index (χ2v) is 7.76. The van der Waals surface area contributed by atoms with E-state index in [-0.39, 0.29) is 11.7 Å². The summed E-state index contributed by atoms with van der Waals surface area (Å²) in [4.78, 5) is 26.7. The number of ketones is 1. The maximum absolute atomic E-state index is 12.3. The van der Waals surface area contributed by atoms with Crippen LogP contribution in [-0.2, 0) is 6.54 Å². The lowest BCUT2D eigenvalue weighted by Gasteiger charge is -1.99. The first-order chi connectivity index (χ1) is 11.7. The Kier molecular flexibility index (Phi) is 4.03. The lowest BCUT2D eigenvalue weighted by Crippen LogP contribution is -2.22. The molecule has 1 fully saturated rings. The van der Waals surface area contributed by atoms with Gasteiger partial charge in [-0.05, 0) is 36.4 Å². The van der Waals surface area contributed by atoms with E-state index >= 15 is 0 Å². The largest absolute Gasteiger partial charge is 0.360 e. The molecule has 5 nitrogen and oxygen atoms in total. The molecule has 0 aliphatic heterocycles. The van der Waals surface area contributed by atoms with Crippen molar-refractivity contribution in [3.05, 3.63) is 61.8 Å². The molecular formula is C17H14N2O3S2. The average Bonchev–Trinajstić information content (AvgIpc) is 3.07. The summed E-state index contributed by atoms with van der Waals surface area (Å²) in [6.45, 7) is 0.368. The number of rotatable bonds is 6. The van der Waals surface area contributed by atoms with Gasteiger partial charge in [-0.3, -0.25) is 9.59 Å². The molecule has 0 bridgehead atoms. The van der Waals surface area contributed by atoms with E-state index in [9.17, 15) is 9.59 Å². The van der Waals surface area contributed by atoms with Gasteiger partial charge in [-0.1, -0.05) is 11.2 Å². The highest BCUT2D eigenvalue weighted by atomic mass is 32.1. The van der Waals surface area contributed by atoms with Crippen LogP contribution in [0.15, 0.2) is 40.2 Å². The smallest absolute Gasteiger partial charge is 0.273 e. The highest BCUT2D eigenvalue weighted by Crippen LogP contribution is 2.40. The maximum atomic E-state index is 12.3. The average molecular weight is 358 g/mol. The summed E-state index contributed by atoms with van der Waals surface area (Å²) in [6.07, 6.45) is 2.21. The zero-order valence-electron chi connectivity index (χ0n) is 12.7. The van der Waals surface area contributed by atoms with Crippen LogP contribution in [0.5, 0.6) is 0 Å². The maximum Gasteiger partial charge on any atom is 0.273 e. The van der Waals surface area contributed by atoms with Gasteiger partial charge in [0.1, 0.15) is 5.76 Å². The van der Waals surface area contributed by atoms with E-state index in [2.05, 4.69) is 10.5 Å². The molecule has 0 radical (unpaired) electrons. The summed E-state index contributed by atoms with van der Waals surface area (Å²) in [6, 6.07) is 9.06. The second kappa shape index (κ2) is 6.33. The second-order valence-electron chi connectivity index (χ2n) is 5.64. The van der Waals surface area contributed by atoms with Crippen LogP contribution in [0.2, 0.25) is 0 Å². The van der Waals surface area contributed by atoms with Crippen molar-refractivity contribution in [2.45, 2.75) is 25.3 Å². The Morgan fingerprint density at radius 1 is 1.25 bits per heavy atom. The van der Waals surface area contributed by atoms with Crippen molar-refractivity contribution >= 4 is 34.4 Å². The molecule has 0 spiro atoms. The van der Waals surface area contributed by atoms with Gasteiger partial charge in [-0.15, -0.1) is 22.7 Å². The Hall–Kier alpha value is -2.25. The molecule has 0 aromatic carbocycles. The number of aromatic nitrogens is 1. The van der Waals surface area contributed by atoms with Crippen LogP contribution in [-0.4, -0.2) is 16.8 Å². The minimum Gasteiger partial charge on any atom is -0.360 e. The number of amides is 1. The summed E-state index contributed by atoms with van der Waals surface area (Å²) in [5.74, 6) is 0.991. The summed E-state index contributed by atoms with van der Waals surface area (Å²) in [5, 5.41) is 8.52. The van der Waals surface area contributed by atoms with E-state index in [0.29, 0.717) is 23.0 Å². The third-order valence-electron chi connectivity index (χ3n) is 3.79. The zero-order valence-corrected chi connectivity index (χ0v) is 14.3. The van der Waals surface area contributed by atoms with E-state index in [4.69, 9.17) is 4.52 Å². The molecule has 1 aliphatic carbocycles. The fourth-order valence-corrected chi connectivity index (χ4v) is 3.98. The quantitative estimate of drug-likeness (QED) is 0.680. The van der Waals surface area contributed by atoms with Crippen LogP contribution < -0.4 is 5.32 Å². The lowest BCUT2D eigenvalue weighted by molar-refractivity contribution is 0.0941. The normalized spacial score (nSPS) is 13.8. The number of hydrogen-bond acceptors (Lipinski definition) is 6. The number of nitrogens with zero attached hydrogens (tertiary/aromatic N) is 1. The Morgan fingerprint density at radius 2 is 2.12 bits per heavy atom. The van der Waals surface area contributed by atoms with Crippen molar-refractivity contribution in [2.75, 3.05) is 0 Å². The summed E-state index contributed by atoms with van der Waals surface area (Å²) < 4.78 is 5.19. The van der Waals surface area contributed by atoms with Crippen molar-refractivity contribution in [3.63, 3.8) is 0 Å². The first-order valence-electron chi connectivity index (χ1n) is 7.62. The molecule has 3 aromatic heterocycles. The molecule has 122 valence electrons. The van der Waals surface area contributed by atoms with Gasteiger partial charge in [0, 0.05) is 16.9 Å². The van der Waals surface area contributed by atoms with Crippen molar-refractivity contribution in [1.82, 2.24) is 10.5 Å². The van der Waals surface area contributed by atoms with E-state index in [1.165, 1.54) is 22.7 Å². The summed E-state index contributed by atoms with van der Waals surface area (Å²) in [7, 11) is 0. The van der Waals surface area contributed by atoms with Crippen LogP contribution in [0.1, 0.15) is 54.4 Å². The van der Waals surface area contributed by atoms with Gasteiger partial charge in [-0.25, -0.2) is 0 Å². The molecule has 0 unspecified atom stereocenters. The van der Waals surface area contributed by atoms with E-state index in [1.807, 2.05) is 23.6 Å². The highest BCUT2D eigenvalue weighted by Gasteiger charge is 2.28. The van der Waals surface area contributed by atoms with Gasteiger partial charge < -0.3 is 9.84 Å². The molecule has 0 saturated heterocycles. The number of carbonyl (C=O) groups is 2. The van der Waals surface area contributed by atoms with Crippen LogP contribution in [0.25, 0.3) is 0 Å². The molecule has 0 atom stereocenters. The fourth-order valence-electron chi connectivity index (χ4n) is 2.34. The number of carbonyl (C=O) groups excluding carboxylic acids is 2. The van der Waals surface area contributed by atoms with Crippen LogP contribution in [0, 0.1) is 0 Å². The van der Waals surface area contributed by atoms with E-state index in [0.717, 1.165) is 28.4 Å². The van der Waals surface area contributed by atoms with Crippen LogP contribution in [0.4, 0.5) is 0 Å². The molecule has 7 heteroatoms. The number of nitrogens with one attached hydrogen (secondary N) is 1. The molecule has 1 amide bonds. The third-order valence-corrected chi connectivity index (χ3v) is 5.75. The Morgan fingerprint density at radius 3 is 2.88 bits per heavy atom. The number of thiophene rings is 2. The zero-order chi connectivity index (χ0) is 16.5. The molecule has 3 aromatic rings. The Balaban J connectivity index is 1.37. The first-order valence-corrected chi connectivity index (χ1v) is 9.32. The van der Waals surface area contributed by atoms with Crippen molar-refractivity contribution in [1.29, 1.82) is 0 Å². The SMILES string of the molecule is O=C(NCc1ccc(C(=O)c2cccs2)s1)c1cc(C2CC2)on1. The fraction of sp³-hybridized carbons (Fsp3) is 0.235. The minimum absolute atomic E-state index is 0.0261. The van der Waals surface area contributed by atoms with Gasteiger partial charge in [0.25, 0.3) is 5.91 Å². The third kappa shape index (κ3) is 3.18. The van der Waals surface area contributed by atoms with Gasteiger partial charge in [0.05, 0.1) is 16.3 Å². The molecule has 4 rings (SSSR count). The van der Waals surface area contributed by atoms with Crippen LogP contribution in [0.3, 0.4) is 0 Å². The van der Waals surface area contributed by atoms with Gasteiger partial charge in [-0.2, -0.15) is 0 Å². The predicted octanol–water partition coefficient (Wildman–Crippen LogP) is 3.84. The van der Waals surface area contributed by atoms with Gasteiger partial charge in [0.2, 0.25) is 5.78 Å². The standard InChI is InChI=1S/C17H14N2O3S2/c20-16(14-2-1-7-23-14)15-6-5-11(24-15)9-18-17(21)12-8-13(22-19-12)10-3-4-10/h1-2,5-8,10H,3-4,9H2,(H,18,21). The first kappa shape index (κ1) is 15.3. The van der Waals surface area contributed by atoms with Gasteiger partial charge in [0.15, 0.2) is 5.69 Å². The Bertz CT molecular complexity index is 875. The number of hydrogen-bond donors (Lipinski definition) is 1. The topological polar surface area (TPSA) is 72.2 Å². The van der Waals surface area contributed by atoms with Crippen LogP contribution >= 0.6 is 22.7 Å². The molecule has 1 aliphatic rings. The molecule has 3 heterocycles. The van der Waals surface area contributed by atoms with Crippen molar-refractivity contribution in [3.8, 4) is 0 Å².